The Morgan fingerprint density at radius 3 is 2.57 bits per heavy atom. The minimum atomic E-state index is 0.372. The molecule has 0 amide bonds. The zero-order valence-corrected chi connectivity index (χ0v) is 8.45. The van der Waals surface area contributed by atoms with Crippen molar-refractivity contribution in [2.75, 3.05) is 6.61 Å². The Hall–Kier alpha value is -0.830. The van der Waals surface area contributed by atoms with Crippen LogP contribution in [0.2, 0.25) is 0 Å². The first-order valence-corrected chi connectivity index (χ1v) is 5.46. The first kappa shape index (κ1) is 9.71. The van der Waals surface area contributed by atoms with E-state index < -0.39 is 0 Å². The number of aromatic nitrogens is 2. The molecule has 0 radical (unpaired) electrons. The smallest absolute Gasteiger partial charge is 0.0921 e. The average Bonchev–Trinajstić information content (AvgIpc) is 2.72. The zero-order valence-electron chi connectivity index (χ0n) is 8.45. The monoisotopic (exact) mass is 194 g/mol. The number of imidazole rings is 1. The highest BCUT2D eigenvalue weighted by Crippen LogP contribution is 2.30. The lowest BCUT2D eigenvalue weighted by molar-refractivity contribution is 0.167. The summed E-state index contributed by atoms with van der Waals surface area (Å²) in [5.74, 6) is 1.35. The number of nitrogens with zero attached hydrogens (tertiary/aromatic N) is 1. The second-order valence-electron chi connectivity index (χ2n) is 4.35. The molecule has 14 heavy (non-hydrogen) atoms. The van der Waals surface area contributed by atoms with Crippen LogP contribution in [0.25, 0.3) is 0 Å². The van der Waals surface area contributed by atoms with Crippen molar-refractivity contribution < 1.29 is 5.11 Å². The number of hydrogen-bond acceptors (Lipinski definition) is 2. The Kier molecular flexibility index (Phi) is 3.19. The fourth-order valence-corrected chi connectivity index (χ4v) is 2.33. The van der Waals surface area contributed by atoms with E-state index in [1.165, 1.54) is 31.4 Å². The summed E-state index contributed by atoms with van der Waals surface area (Å²) in [4.78, 5) is 7.17. The van der Waals surface area contributed by atoms with Crippen LogP contribution in [0.15, 0.2) is 12.5 Å². The predicted octanol–water partition coefficient (Wildman–Crippen LogP) is 1.75. The molecule has 1 heterocycles. The van der Waals surface area contributed by atoms with Crippen LogP contribution in [-0.4, -0.2) is 21.7 Å². The van der Waals surface area contributed by atoms with Crippen molar-refractivity contribution in [1.82, 2.24) is 9.97 Å². The van der Waals surface area contributed by atoms with Crippen LogP contribution >= 0.6 is 0 Å². The highest BCUT2D eigenvalue weighted by Gasteiger charge is 2.20. The minimum Gasteiger partial charge on any atom is -0.396 e. The molecule has 0 unspecified atom stereocenters. The van der Waals surface area contributed by atoms with Crippen LogP contribution in [0.3, 0.4) is 0 Å². The summed E-state index contributed by atoms with van der Waals surface area (Å²) in [7, 11) is 0. The molecule has 2 rings (SSSR count). The van der Waals surface area contributed by atoms with E-state index in [1.807, 2.05) is 6.20 Å². The van der Waals surface area contributed by atoms with Crippen LogP contribution < -0.4 is 0 Å². The highest BCUT2D eigenvalue weighted by atomic mass is 16.3. The van der Waals surface area contributed by atoms with Crippen LogP contribution in [0, 0.1) is 11.8 Å². The molecule has 78 valence electrons. The van der Waals surface area contributed by atoms with E-state index in [-0.39, 0.29) is 0 Å². The number of aliphatic hydroxyl groups excluding tert-OH is 1. The molecule has 1 fully saturated rings. The lowest BCUT2D eigenvalue weighted by atomic mass is 9.80. The molecule has 1 saturated carbocycles. The molecule has 3 heteroatoms. The maximum Gasteiger partial charge on any atom is 0.0921 e. The van der Waals surface area contributed by atoms with Crippen LogP contribution in [0.1, 0.15) is 31.4 Å². The van der Waals surface area contributed by atoms with Crippen molar-refractivity contribution >= 4 is 0 Å². The summed E-state index contributed by atoms with van der Waals surface area (Å²) in [6.45, 7) is 0.372. The standard InChI is InChI=1S/C11H18N2O/c14-7-10-3-1-9(2-4-10)5-11-6-12-8-13-11/h6,8-10,14H,1-5,7H2,(H,12,13). The summed E-state index contributed by atoms with van der Waals surface area (Å²) in [6.07, 6.45) is 9.67. The SMILES string of the molecule is OCC1CCC(Cc2cnc[nH]2)CC1. The third-order valence-electron chi connectivity index (χ3n) is 3.29. The molecular formula is C11H18N2O. The van der Waals surface area contributed by atoms with E-state index in [9.17, 15) is 0 Å². The van der Waals surface area contributed by atoms with E-state index >= 15 is 0 Å². The van der Waals surface area contributed by atoms with Gasteiger partial charge in [-0.2, -0.15) is 0 Å². The van der Waals surface area contributed by atoms with Crippen molar-refractivity contribution in [3.63, 3.8) is 0 Å². The van der Waals surface area contributed by atoms with Gasteiger partial charge < -0.3 is 10.1 Å². The number of nitrogens with one attached hydrogen (secondary N) is 1. The summed E-state index contributed by atoms with van der Waals surface area (Å²) in [6, 6.07) is 0. The molecule has 0 aromatic carbocycles. The van der Waals surface area contributed by atoms with Crippen LogP contribution in [-0.2, 0) is 6.42 Å². The van der Waals surface area contributed by atoms with Gasteiger partial charge in [0.2, 0.25) is 0 Å². The van der Waals surface area contributed by atoms with Gasteiger partial charge in [-0.05, 0) is 43.9 Å². The third-order valence-corrected chi connectivity index (χ3v) is 3.29. The maximum atomic E-state index is 9.02. The second kappa shape index (κ2) is 4.60. The number of rotatable bonds is 3. The van der Waals surface area contributed by atoms with E-state index in [0.29, 0.717) is 12.5 Å². The molecule has 1 aromatic rings. The Bertz CT molecular complexity index is 250. The van der Waals surface area contributed by atoms with E-state index in [2.05, 4.69) is 9.97 Å². The third kappa shape index (κ3) is 2.35. The van der Waals surface area contributed by atoms with Gasteiger partial charge in [0.05, 0.1) is 6.33 Å². The first-order chi connectivity index (χ1) is 6.88. The van der Waals surface area contributed by atoms with Crippen molar-refractivity contribution in [1.29, 1.82) is 0 Å². The second-order valence-corrected chi connectivity index (χ2v) is 4.35. The molecule has 0 atom stereocenters. The van der Waals surface area contributed by atoms with Crippen LogP contribution in [0.4, 0.5) is 0 Å². The molecule has 3 nitrogen and oxygen atoms in total. The van der Waals surface area contributed by atoms with Crippen LogP contribution in [0.5, 0.6) is 0 Å². The first-order valence-electron chi connectivity index (χ1n) is 5.46. The Balaban J connectivity index is 1.79. The fraction of sp³-hybridized carbons (Fsp3) is 0.727. The van der Waals surface area contributed by atoms with Gasteiger partial charge in [0.25, 0.3) is 0 Å². The molecular weight excluding hydrogens is 176 g/mol. The van der Waals surface area contributed by atoms with Gasteiger partial charge in [0.15, 0.2) is 0 Å². The number of aromatic amines is 1. The molecule has 1 aliphatic rings. The van der Waals surface area contributed by atoms with Gasteiger partial charge in [-0.15, -0.1) is 0 Å². The van der Waals surface area contributed by atoms with E-state index in [4.69, 9.17) is 5.11 Å². The Labute approximate surface area is 84.6 Å². The van der Waals surface area contributed by atoms with Gasteiger partial charge in [0.1, 0.15) is 0 Å². The van der Waals surface area contributed by atoms with Gasteiger partial charge in [-0.1, -0.05) is 0 Å². The molecule has 0 aliphatic heterocycles. The van der Waals surface area contributed by atoms with Gasteiger partial charge in [0, 0.05) is 18.5 Å². The van der Waals surface area contributed by atoms with Crippen molar-refractivity contribution in [2.45, 2.75) is 32.1 Å². The van der Waals surface area contributed by atoms with Crippen molar-refractivity contribution in [2.24, 2.45) is 11.8 Å². The largest absolute Gasteiger partial charge is 0.396 e. The highest BCUT2D eigenvalue weighted by molar-refractivity contribution is 4.96. The average molecular weight is 194 g/mol. The van der Waals surface area contributed by atoms with E-state index in [0.717, 1.165) is 12.3 Å². The van der Waals surface area contributed by atoms with E-state index in [1.54, 1.807) is 6.33 Å². The lowest BCUT2D eigenvalue weighted by Gasteiger charge is -2.26. The molecule has 0 saturated heterocycles. The number of aliphatic hydroxyl groups is 1. The molecule has 1 aliphatic carbocycles. The summed E-state index contributed by atoms with van der Waals surface area (Å²) < 4.78 is 0. The molecule has 2 N–H and O–H groups in total. The van der Waals surface area contributed by atoms with Gasteiger partial charge in [-0.25, -0.2) is 4.98 Å². The normalized spacial score (nSPS) is 27.8. The summed E-state index contributed by atoms with van der Waals surface area (Å²) in [5.41, 5.74) is 1.25. The zero-order chi connectivity index (χ0) is 9.80. The Morgan fingerprint density at radius 2 is 2.00 bits per heavy atom. The maximum absolute atomic E-state index is 9.02. The fourth-order valence-electron chi connectivity index (χ4n) is 2.33. The Morgan fingerprint density at radius 1 is 1.29 bits per heavy atom. The number of H-pyrrole nitrogens is 1. The summed E-state index contributed by atoms with van der Waals surface area (Å²) >= 11 is 0. The van der Waals surface area contributed by atoms with Gasteiger partial charge >= 0.3 is 0 Å². The molecule has 0 spiro atoms. The van der Waals surface area contributed by atoms with Crippen molar-refractivity contribution in [3.05, 3.63) is 18.2 Å². The predicted molar refractivity (Wildman–Crippen MR) is 54.8 cm³/mol. The van der Waals surface area contributed by atoms with Gasteiger partial charge in [-0.3, -0.25) is 0 Å². The van der Waals surface area contributed by atoms with Crippen molar-refractivity contribution in [3.8, 4) is 0 Å². The molecule has 0 bridgehead atoms. The molecule has 1 aromatic heterocycles. The quantitative estimate of drug-likeness (QED) is 0.770. The topological polar surface area (TPSA) is 48.9 Å². The number of hydrogen-bond donors (Lipinski definition) is 2. The lowest BCUT2D eigenvalue weighted by Crippen LogP contribution is -2.18. The minimum absolute atomic E-state index is 0.372. The summed E-state index contributed by atoms with van der Waals surface area (Å²) in [5, 5.41) is 9.02.